The summed E-state index contributed by atoms with van der Waals surface area (Å²) in [5.41, 5.74) is 1.25. The number of nitrogens with one attached hydrogen (secondary N) is 2. The minimum absolute atomic E-state index is 0.180. The van der Waals surface area contributed by atoms with E-state index >= 15 is 0 Å². The maximum absolute atomic E-state index is 13.4. The highest BCUT2D eigenvalue weighted by atomic mass is 32.1. The summed E-state index contributed by atoms with van der Waals surface area (Å²) in [7, 11) is 1.55. The van der Waals surface area contributed by atoms with Crippen LogP contribution in [0.25, 0.3) is 0 Å². The van der Waals surface area contributed by atoms with Crippen molar-refractivity contribution in [1.29, 1.82) is 0 Å². The van der Waals surface area contributed by atoms with Gasteiger partial charge in [-0.3, -0.25) is 14.9 Å². The van der Waals surface area contributed by atoms with Gasteiger partial charge in [-0.25, -0.2) is 13.8 Å². The number of aryl methyl sites for hydroxylation is 1. The Morgan fingerprint density at radius 2 is 1.87 bits per heavy atom. The lowest BCUT2D eigenvalue weighted by Crippen LogP contribution is -2.24. The van der Waals surface area contributed by atoms with Gasteiger partial charge in [0.15, 0.2) is 16.8 Å². The second-order valence-corrected chi connectivity index (χ2v) is 8.16. The van der Waals surface area contributed by atoms with Crippen LogP contribution in [0.1, 0.15) is 39.7 Å². The van der Waals surface area contributed by atoms with E-state index in [1.807, 2.05) is 0 Å². The molecule has 6 nitrogen and oxygen atoms in total. The lowest BCUT2D eigenvalue weighted by Gasteiger charge is -2.20. The first-order valence-electron chi connectivity index (χ1n) is 9.65. The summed E-state index contributed by atoms with van der Waals surface area (Å²) >= 11 is 1.34. The predicted molar refractivity (Wildman–Crippen MR) is 114 cm³/mol. The second-order valence-electron chi connectivity index (χ2n) is 7.07. The molecule has 0 radical (unpaired) electrons. The van der Waals surface area contributed by atoms with Crippen LogP contribution in [0, 0.1) is 11.6 Å². The summed E-state index contributed by atoms with van der Waals surface area (Å²) in [6.07, 6.45) is 2.13. The maximum Gasteiger partial charge on any atom is 0.257 e. The van der Waals surface area contributed by atoms with Crippen molar-refractivity contribution in [1.82, 2.24) is 4.98 Å². The first-order valence-corrected chi connectivity index (χ1v) is 10.5. The first kappa shape index (κ1) is 20.9. The molecule has 3 aromatic rings. The molecule has 2 aromatic carbocycles. The summed E-state index contributed by atoms with van der Waals surface area (Å²) in [4.78, 5) is 30.7. The monoisotopic (exact) mass is 443 g/mol. The number of amides is 2. The molecule has 1 aromatic heterocycles. The lowest BCUT2D eigenvalue weighted by atomic mass is 9.90. The van der Waals surface area contributed by atoms with Gasteiger partial charge in [-0.2, -0.15) is 0 Å². The number of fused-ring (bicyclic) bond motifs is 1. The number of anilines is 2. The standard InChI is InChI=1S/C22H19F2N3O3S/c1-30-14-8-5-12(6-9-14)20(28)27-22-26-19-15(3-2-4-18(19)31-22)21(29)25-13-7-10-16(23)17(24)11-13/h5-11,15H,2-4H2,1H3,(H,25,29)(H,26,27,28). The summed E-state index contributed by atoms with van der Waals surface area (Å²) < 4.78 is 31.6. The quantitative estimate of drug-likeness (QED) is 0.597. The van der Waals surface area contributed by atoms with E-state index in [4.69, 9.17) is 4.74 Å². The number of thiazole rings is 1. The number of ether oxygens (including phenoxy) is 1. The fourth-order valence-corrected chi connectivity index (χ4v) is 4.50. The highest BCUT2D eigenvalue weighted by Gasteiger charge is 2.31. The first-order chi connectivity index (χ1) is 14.9. The number of carbonyl (C=O) groups excluding carboxylic acids is 2. The summed E-state index contributed by atoms with van der Waals surface area (Å²) in [5.74, 6) is -2.54. The Morgan fingerprint density at radius 3 is 2.58 bits per heavy atom. The minimum atomic E-state index is -1.03. The zero-order valence-corrected chi connectivity index (χ0v) is 17.4. The van der Waals surface area contributed by atoms with Gasteiger partial charge in [0.25, 0.3) is 5.91 Å². The molecule has 31 heavy (non-hydrogen) atoms. The number of rotatable bonds is 5. The average molecular weight is 443 g/mol. The van der Waals surface area contributed by atoms with Crippen LogP contribution in [0.4, 0.5) is 19.6 Å². The van der Waals surface area contributed by atoms with Gasteiger partial charge in [-0.15, -0.1) is 11.3 Å². The van der Waals surface area contributed by atoms with Crippen LogP contribution in [0.2, 0.25) is 0 Å². The van der Waals surface area contributed by atoms with Crippen molar-refractivity contribution in [3.63, 3.8) is 0 Å². The Labute approximate surface area is 181 Å². The smallest absolute Gasteiger partial charge is 0.257 e. The zero-order chi connectivity index (χ0) is 22.0. The Bertz CT molecular complexity index is 1130. The summed E-state index contributed by atoms with van der Waals surface area (Å²) in [6, 6.07) is 9.91. The van der Waals surface area contributed by atoms with Crippen molar-refractivity contribution in [2.75, 3.05) is 17.7 Å². The third-order valence-corrected chi connectivity index (χ3v) is 6.08. The van der Waals surface area contributed by atoms with Crippen LogP contribution in [-0.2, 0) is 11.2 Å². The van der Waals surface area contributed by atoms with Gasteiger partial charge < -0.3 is 10.1 Å². The Kier molecular flexibility index (Phi) is 5.94. The number of nitrogens with zero attached hydrogens (tertiary/aromatic N) is 1. The molecule has 1 aliphatic rings. The highest BCUT2D eigenvalue weighted by molar-refractivity contribution is 7.16. The number of hydrogen-bond acceptors (Lipinski definition) is 5. The molecule has 1 unspecified atom stereocenters. The van der Waals surface area contributed by atoms with E-state index in [0.29, 0.717) is 28.6 Å². The van der Waals surface area contributed by atoms with Crippen molar-refractivity contribution < 1.29 is 23.1 Å². The number of carbonyl (C=O) groups is 2. The van der Waals surface area contributed by atoms with Crippen LogP contribution in [-0.4, -0.2) is 23.9 Å². The minimum Gasteiger partial charge on any atom is -0.497 e. The molecule has 0 spiro atoms. The van der Waals surface area contributed by atoms with E-state index < -0.39 is 17.6 Å². The van der Waals surface area contributed by atoms with Crippen molar-refractivity contribution in [2.45, 2.75) is 25.2 Å². The fraction of sp³-hybridized carbons (Fsp3) is 0.227. The number of hydrogen-bond donors (Lipinski definition) is 2. The van der Waals surface area contributed by atoms with Crippen molar-refractivity contribution in [2.24, 2.45) is 0 Å². The van der Waals surface area contributed by atoms with E-state index in [1.165, 1.54) is 17.4 Å². The van der Waals surface area contributed by atoms with Gasteiger partial charge in [0.1, 0.15) is 5.75 Å². The molecule has 0 saturated heterocycles. The van der Waals surface area contributed by atoms with Gasteiger partial charge in [0.2, 0.25) is 5.91 Å². The van der Waals surface area contributed by atoms with Gasteiger partial charge in [-0.1, -0.05) is 0 Å². The van der Waals surface area contributed by atoms with E-state index in [0.717, 1.165) is 29.9 Å². The Morgan fingerprint density at radius 1 is 1.10 bits per heavy atom. The number of halogens is 2. The molecule has 1 atom stereocenters. The molecule has 1 heterocycles. The molecule has 2 amide bonds. The second kappa shape index (κ2) is 8.81. The largest absolute Gasteiger partial charge is 0.497 e. The van der Waals surface area contributed by atoms with Gasteiger partial charge in [0.05, 0.1) is 18.7 Å². The van der Waals surface area contributed by atoms with Crippen LogP contribution in [0.15, 0.2) is 42.5 Å². The maximum atomic E-state index is 13.4. The third kappa shape index (κ3) is 4.56. The molecule has 160 valence electrons. The van der Waals surface area contributed by atoms with E-state index in [-0.39, 0.29) is 17.5 Å². The molecule has 0 aliphatic heterocycles. The van der Waals surface area contributed by atoms with E-state index in [9.17, 15) is 18.4 Å². The van der Waals surface area contributed by atoms with Gasteiger partial charge in [0, 0.05) is 22.2 Å². The van der Waals surface area contributed by atoms with Gasteiger partial charge in [-0.05, 0) is 55.7 Å². The van der Waals surface area contributed by atoms with Crippen molar-refractivity contribution in [3.8, 4) is 5.75 Å². The van der Waals surface area contributed by atoms with Gasteiger partial charge >= 0.3 is 0 Å². The highest BCUT2D eigenvalue weighted by Crippen LogP contribution is 2.37. The zero-order valence-electron chi connectivity index (χ0n) is 16.6. The molecule has 0 saturated carbocycles. The third-order valence-electron chi connectivity index (χ3n) is 5.03. The van der Waals surface area contributed by atoms with Crippen molar-refractivity contribution in [3.05, 3.63) is 70.2 Å². The normalized spacial score (nSPS) is 15.1. The molecule has 1 aliphatic carbocycles. The van der Waals surface area contributed by atoms with Crippen LogP contribution >= 0.6 is 11.3 Å². The van der Waals surface area contributed by atoms with E-state index in [1.54, 1.807) is 31.4 Å². The molecular formula is C22H19F2N3O3S. The molecule has 0 bridgehead atoms. The fourth-order valence-electron chi connectivity index (χ4n) is 3.44. The summed E-state index contributed by atoms with van der Waals surface area (Å²) in [6.45, 7) is 0. The summed E-state index contributed by atoms with van der Waals surface area (Å²) in [5, 5.41) is 5.82. The van der Waals surface area contributed by atoms with Crippen LogP contribution < -0.4 is 15.4 Å². The lowest BCUT2D eigenvalue weighted by molar-refractivity contribution is -0.117. The van der Waals surface area contributed by atoms with Crippen molar-refractivity contribution >= 4 is 34.0 Å². The predicted octanol–water partition coefficient (Wildman–Crippen LogP) is 4.74. The molecule has 9 heteroatoms. The number of aromatic nitrogens is 1. The van der Waals surface area contributed by atoms with E-state index in [2.05, 4.69) is 15.6 Å². The Balaban J connectivity index is 1.49. The topological polar surface area (TPSA) is 80.3 Å². The number of methoxy groups -OCH3 is 1. The van der Waals surface area contributed by atoms with Crippen LogP contribution in [0.5, 0.6) is 5.75 Å². The molecule has 4 rings (SSSR count). The Hall–Kier alpha value is -3.33. The molecular weight excluding hydrogens is 424 g/mol. The molecule has 2 N–H and O–H groups in total. The average Bonchev–Trinajstić information content (AvgIpc) is 3.18. The number of benzene rings is 2. The van der Waals surface area contributed by atoms with Crippen LogP contribution in [0.3, 0.4) is 0 Å². The molecule has 0 fully saturated rings. The SMILES string of the molecule is COc1ccc(C(=O)Nc2nc3c(s2)CCCC3C(=O)Nc2ccc(F)c(F)c2)cc1.